The van der Waals surface area contributed by atoms with E-state index in [1.807, 2.05) is 13.0 Å². The zero-order chi connectivity index (χ0) is 15.4. The lowest BCUT2D eigenvalue weighted by atomic mass is 10.00. The minimum atomic E-state index is -0.265. The Morgan fingerprint density at radius 2 is 2.38 bits per heavy atom. The highest BCUT2D eigenvalue weighted by Gasteiger charge is 2.26. The van der Waals surface area contributed by atoms with Crippen LogP contribution in [-0.2, 0) is 0 Å². The molecule has 21 heavy (non-hydrogen) atoms. The molecule has 1 aromatic heterocycles. The Bertz CT molecular complexity index is 484. The third-order valence-corrected chi connectivity index (χ3v) is 4.73. The molecule has 2 heterocycles. The number of nitrogens with one attached hydrogen (secondary N) is 1. The predicted molar refractivity (Wildman–Crippen MR) is 91.2 cm³/mol. The van der Waals surface area contributed by atoms with Crippen LogP contribution in [0, 0.1) is 5.92 Å². The van der Waals surface area contributed by atoms with Gasteiger partial charge >= 0.3 is 6.03 Å². The summed E-state index contributed by atoms with van der Waals surface area (Å²) >= 11 is 7.67. The first-order chi connectivity index (χ1) is 9.97. The van der Waals surface area contributed by atoms with Crippen LogP contribution in [0.15, 0.2) is 22.8 Å². The first-order valence-corrected chi connectivity index (χ1v) is 8.31. The molecular formula is C14H21BrN4OS. The van der Waals surface area contributed by atoms with Gasteiger partial charge in [-0.05, 0) is 53.7 Å². The van der Waals surface area contributed by atoms with E-state index in [-0.39, 0.29) is 12.2 Å². The van der Waals surface area contributed by atoms with Gasteiger partial charge in [-0.2, -0.15) is 0 Å². The molecule has 7 heteroatoms. The largest absolute Gasteiger partial charge is 0.334 e. The molecule has 0 spiro atoms. The maximum Gasteiger partial charge on any atom is 0.334 e. The SMILES string of the molecule is CC1CCCN(C(C)N(S)C(=O)Nc2ccc(Br)cn2)C1. The van der Waals surface area contributed by atoms with Crippen molar-refractivity contribution >= 4 is 40.6 Å². The van der Waals surface area contributed by atoms with E-state index in [0.717, 1.165) is 17.6 Å². The fourth-order valence-corrected chi connectivity index (χ4v) is 2.94. The second kappa shape index (κ2) is 7.47. The van der Waals surface area contributed by atoms with Crippen LogP contribution in [0.25, 0.3) is 0 Å². The average molecular weight is 373 g/mol. The summed E-state index contributed by atoms with van der Waals surface area (Å²) in [6.07, 6.45) is 4.02. The second-order valence-corrected chi connectivity index (χ2v) is 6.86. The molecule has 0 aliphatic carbocycles. The van der Waals surface area contributed by atoms with E-state index in [9.17, 15) is 4.79 Å². The summed E-state index contributed by atoms with van der Waals surface area (Å²) in [6, 6.07) is 3.32. The molecule has 2 unspecified atom stereocenters. The third kappa shape index (κ3) is 4.59. The van der Waals surface area contributed by atoms with Crippen molar-refractivity contribution in [2.75, 3.05) is 18.4 Å². The summed E-state index contributed by atoms with van der Waals surface area (Å²) in [5.74, 6) is 1.18. The van der Waals surface area contributed by atoms with Crippen LogP contribution < -0.4 is 5.32 Å². The van der Waals surface area contributed by atoms with E-state index in [1.165, 1.54) is 17.1 Å². The third-order valence-electron chi connectivity index (χ3n) is 3.74. The molecule has 0 saturated carbocycles. The number of hydrogen-bond acceptors (Lipinski definition) is 4. The predicted octanol–water partition coefficient (Wildman–Crippen LogP) is 3.60. The molecule has 1 saturated heterocycles. The van der Waals surface area contributed by atoms with Gasteiger partial charge in [0.25, 0.3) is 0 Å². The van der Waals surface area contributed by atoms with E-state index >= 15 is 0 Å². The van der Waals surface area contributed by atoms with E-state index in [4.69, 9.17) is 0 Å². The second-order valence-electron chi connectivity index (χ2n) is 5.51. The van der Waals surface area contributed by atoms with Crippen molar-refractivity contribution in [2.45, 2.75) is 32.9 Å². The number of nitrogens with zero attached hydrogens (tertiary/aromatic N) is 3. The highest BCUT2D eigenvalue weighted by Crippen LogP contribution is 2.21. The summed E-state index contributed by atoms with van der Waals surface area (Å²) < 4.78 is 2.31. The fourth-order valence-electron chi connectivity index (χ4n) is 2.51. The number of pyridine rings is 1. The minimum Gasteiger partial charge on any atom is -0.291 e. The number of rotatable bonds is 3. The van der Waals surface area contributed by atoms with Gasteiger partial charge in [-0.15, -0.1) is 0 Å². The number of urea groups is 1. The molecule has 116 valence electrons. The normalized spacial score (nSPS) is 20.9. The molecule has 5 nitrogen and oxygen atoms in total. The zero-order valence-electron chi connectivity index (χ0n) is 12.3. The van der Waals surface area contributed by atoms with Gasteiger partial charge in [0.05, 0.1) is 6.17 Å². The van der Waals surface area contributed by atoms with Crippen molar-refractivity contribution in [3.8, 4) is 0 Å². The Hall–Kier alpha value is -0.790. The molecule has 1 fully saturated rings. The Morgan fingerprint density at radius 1 is 1.62 bits per heavy atom. The molecule has 0 aromatic carbocycles. The Kier molecular flexibility index (Phi) is 5.89. The molecule has 0 bridgehead atoms. The number of halogens is 1. The number of amides is 2. The first kappa shape index (κ1) is 16.6. The van der Waals surface area contributed by atoms with Crippen molar-refractivity contribution in [3.63, 3.8) is 0 Å². The Morgan fingerprint density at radius 3 is 3.00 bits per heavy atom. The lowest BCUT2D eigenvalue weighted by Gasteiger charge is -2.38. The van der Waals surface area contributed by atoms with E-state index < -0.39 is 0 Å². The van der Waals surface area contributed by atoms with Crippen molar-refractivity contribution in [2.24, 2.45) is 5.92 Å². The van der Waals surface area contributed by atoms with Gasteiger partial charge < -0.3 is 0 Å². The van der Waals surface area contributed by atoms with Crippen molar-refractivity contribution in [1.29, 1.82) is 0 Å². The van der Waals surface area contributed by atoms with Crippen LogP contribution in [0.5, 0.6) is 0 Å². The van der Waals surface area contributed by atoms with Gasteiger partial charge in [0.15, 0.2) is 0 Å². The van der Waals surface area contributed by atoms with E-state index in [2.05, 4.69) is 50.9 Å². The number of thiol groups is 1. The van der Waals surface area contributed by atoms with Crippen molar-refractivity contribution < 1.29 is 4.79 Å². The highest BCUT2D eigenvalue weighted by molar-refractivity contribution is 9.10. The number of likely N-dealkylation sites (tertiary alicyclic amines) is 1. The van der Waals surface area contributed by atoms with Crippen molar-refractivity contribution in [3.05, 3.63) is 22.8 Å². The number of piperidine rings is 1. The first-order valence-electron chi connectivity index (χ1n) is 7.12. The summed E-state index contributed by atoms with van der Waals surface area (Å²) in [4.78, 5) is 18.6. The van der Waals surface area contributed by atoms with Crippen LogP contribution in [0.4, 0.5) is 10.6 Å². The maximum absolute atomic E-state index is 12.2. The van der Waals surface area contributed by atoms with Crippen LogP contribution in [0.3, 0.4) is 0 Å². The summed E-state index contributed by atoms with van der Waals surface area (Å²) in [7, 11) is 0. The number of aromatic nitrogens is 1. The molecule has 1 aliphatic rings. The number of hydrogen-bond donors (Lipinski definition) is 2. The molecule has 2 rings (SSSR count). The average Bonchev–Trinajstić information content (AvgIpc) is 2.48. The maximum atomic E-state index is 12.2. The van der Waals surface area contributed by atoms with Crippen LogP contribution in [-0.4, -0.2) is 39.5 Å². The molecule has 1 N–H and O–H groups in total. The van der Waals surface area contributed by atoms with Crippen LogP contribution in [0.2, 0.25) is 0 Å². The quantitative estimate of drug-likeness (QED) is 0.796. The lowest BCUT2D eigenvalue weighted by Crippen LogP contribution is -2.49. The van der Waals surface area contributed by atoms with Gasteiger partial charge in [0.2, 0.25) is 0 Å². The smallest absolute Gasteiger partial charge is 0.291 e. The summed E-state index contributed by atoms with van der Waals surface area (Å²) in [5.41, 5.74) is 0. The van der Waals surface area contributed by atoms with Gasteiger partial charge in [-0.1, -0.05) is 19.7 Å². The molecule has 0 radical (unpaired) electrons. The molecule has 1 aliphatic heterocycles. The van der Waals surface area contributed by atoms with Crippen LogP contribution >= 0.6 is 28.7 Å². The molecule has 1 aromatic rings. The molecular weight excluding hydrogens is 352 g/mol. The highest BCUT2D eigenvalue weighted by atomic mass is 79.9. The van der Waals surface area contributed by atoms with Gasteiger partial charge in [0, 0.05) is 23.8 Å². The molecule has 2 atom stereocenters. The van der Waals surface area contributed by atoms with Crippen LogP contribution in [0.1, 0.15) is 26.7 Å². The van der Waals surface area contributed by atoms with Gasteiger partial charge in [-0.3, -0.25) is 14.5 Å². The number of carbonyl (C=O) groups excluding carboxylic acids is 1. The summed E-state index contributed by atoms with van der Waals surface area (Å²) in [5, 5.41) is 2.75. The zero-order valence-corrected chi connectivity index (χ0v) is 14.8. The van der Waals surface area contributed by atoms with Crippen molar-refractivity contribution in [1.82, 2.24) is 14.2 Å². The number of anilines is 1. The molecule has 2 amide bonds. The van der Waals surface area contributed by atoms with E-state index in [1.54, 1.807) is 12.3 Å². The standard InChI is InChI=1S/C14H21BrN4OS/c1-10-4-3-7-18(9-10)11(2)19(21)14(20)17-13-6-5-12(15)8-16-13/h5-6,8,10-11,21H,3-4,7,9H2,1-2H3,(H,16,17,20). The monoisotopic (exact) mass is 372 g/mol. The fraction of sp³-hybridized carbons (Fsp3) is 0.571. The summed E-state index contributed by atoms with van der Waals surface area (Å²) in [6.45, 7) is 6.25. The minimum absolute atomic E-state index is 0.0495. The Labute approximate surface area is 139 Å². The van der Waals surface area contributed by atoms with Gasteiger partial charge in [0.1, 0.15) is 5.82 Å². The van der Waals surface area contributed by atoms with Gasteiger partial charge in [-0.25, -0.2) is 9.78 Å². The number of carbonyl (C=O) groups is 1. The lowest BCUT2D eigenvalue weighted by molar-refractivity contribution is 0.0913. The topological polar surface area (TPSA) is 48.5 Å². The Balaban J connectivity index is 1.93. The van der Waals surface area contributed by atoms with E-state index in [0.29, 0.717) is 11.7 Å².